The van der Waals surface area contributed by atoms with Gasteiger partial charge in [-0.05, 0) is 54.3 Å². The van der Waals surface area contributed by atoms with Gasteiger partial charge in [-0.2, -0.15) is 13.2 Å². The number of H-pyrrole nitrogens is 1. The molecule has 7 nitrogen and oxygen atoms in total. The van der Waals surface area contributed by atoms with Gasteiger partial charge in [-0.25, -0.2) is 14.2 Å². The maximum Gasteiger partial charge on any atom is 0.439 e. The quantitative estimate of drug-likeness (QED) is 0.331. The number of hydrogen-bond acceptors (Lipinski definition) is 6. The maximum atomic E-state index is 15.2. The topological polar surface area (TPSA) is 101 Å². The number of benzene rings is 2. The third kappa shape index (κ3) is 5.09. The Labute approximate surface area is 202 Å². The first-order valence-electron chi connectivity index (χ1n) is 10.9. The molecular formula is C25H21F4N3O4. The standard InChI is InChI=1S/C25H21F4N3O4/c1-3-14-10-20(35-12-21-31-24(34)36-32-21)22(26)13(2)17(14)11-15-8-9-19(33)23(30-15)16-6-4-5-7-18(16)25(27,28)29/h4-10,33H,3,11-12H2,1-2H3,(H,31,32,34). The van der Waals surface area contributed by atoms with Crippen LogP contribution in [0.2, 0.25) is 0 Å². The van der Waals surface area contributed by atoms with E-state index in [9.17, 15) is 23.1 Å². The van der Waals surface area contributed by atoms with Crippen LogP contribution in [0.3, 0.4) is 0 Å². The molecule has 36 heavy (non-hydrogen) atoms. The summed E-state index contributed by atoms with van der Waals surface area (Å²) < 4.78 is 65.6. The Balaban J connectivity index is 1.68. The Bertz CT molecular complexity index is 1460. The molecule has 2 N–H and O–H groups in total. The molecule has 2 heterocycles. The molecule has 2 aromatic heterocycles. The number of aromatic amines is 1. The lowest BCUT2D eigenvalue weighted by atomic mass is 9.94. The molecule has 0 spiro atoms. The summed E-state index contributed by atoms with van der Waals surface area (Å²) in [5, 5.41) is 13.8. The Morgan fingerprint density at radius 1 is 1.17 bits per heavy atom. The summed E-state index contributed by atoms with van der Waals surface area (Å²) in [4.78, 5) is 17.7. The van der Waals surface area contributed by atoms with Gasteiger partial charge in [0.1, 0.15) is 18.1 Å². The molecule has 0 amide bonds. The van der Waals surface area contributed by atoms with E-state index in [1.54, 1.807) is 6.92 Å². The first kappa shape index (κ1) is 25.0. The van der Waals surface area contributed by atoms with E-state index < -0.39 is 29.1 Å². The summed E-state index contributed by atoms with van der Waals surface area (Å²) in [6.45, 7) is 3.21. The van der Waals surface area contributed by atoms with E-state index in [2.05, 4.69) is 19.6 Å². The molecule has 0 bridgehead atoms. The van der Waals surface area contributed by atoms with Crippen LogP contribution >= 0.6 is 0 Å². The van der Waals surface area contributed by atoms with Crippen molar-refractivity contribution in [2.75, 3.05) is 0 Å². The fourth-order valence-corrected chi connectivity index (χ4v) is 3.91. The van der Waals surface area contributed by atoms with Crippen molar-refractivity contribution in [3.63, 3.8) is 0 Å². The second kappa shape index (κ2) is 9.84. The molecule has 4 rings (SSSR count). The van der Waals surface area contributed by atoms with Crippen LogP contribution in [-0.4, -0.2) is 20.2 Å². The molecule has 0 aliphatic heterocycles. The van der Waals surface area contributed by atoms with Crippen molar-refractivity contribution in [3.05, 3.63) is 92.6 Å². The first-order chi connectivity index (χ1) is 17.1. The van der Waals surface area contributed by atoms with Crippen LogP contribution in [0.5, 0.6) is 11.5 Å². The Kier molecular flexibility index (Phi) is 6.82. The zero-order chi connectivity index (χ0) is 26.0. The molecular weight excluding hydrogens is 482 g/mol. The van der Waals surface area contributed by atoms with Gasteiger partial charge >= 0.3 is 11.9 Å². The number of rotatable bonds is 7. The number of nitrogens with one attached hydrogen (secondary N) is 1. The number of hydrogen-bond donors (Lipinski definition) is 2. The summed E-state index contributed by atoms with van der Waals surface area (Å²) in [5.74, 6) is -1.74. The minimum Gasteiger partial charge on any atom is -0.506 e. The van der Waals surface area contributed by atoms with Crippen molar-refractivity contribution in [1.82, 2.24) is 15.1 Å². The van der Waals surface area contributed by atoms with Crippen LogP contribution in [0, 0.1) is 12.7 Å². The van der Waals surface area contributed by atoms with E-state index in [1.165, 1.54) is 36.4 Å². The number of halogens is 4. The number of alkyl halides is 3. The maximum absolute atomic E-state index is 15.2. The Hall–Kier alpha value is -4.15. The summed E-state index contributed by atoms with van der Waals surface area (Å²) in [6.07, 6.45) is -4.01. The second-order valence-corrected chi connectivity index (χ2v) is 8.03. The normalized spacial score (nSPS) is 11.6. The van der Waals surface area contributed by atoms with Crippen LogP contribution in [0.1, 0.15) is 40.7 Å². The number of aromatic hydroxyl groups is 1. The second-order valence-electron chi connectivity index (χ2n) is 8.03. The summed E-state index contributed by atoms with van der Waals surface area (Å²) >= 11 is 0. The van der Waals surface area contributed by atoms with Gasteiger partial charge in [0.2, 0.25) is 0 Å². The van der Waals surface area contributed by atoms with Gasteiger partial charge < -0.3 is 9.84 Å². The van der Waals surface area contributed by atoms with Gasteiger partial charge in [-0.1, -0.05) is 30.3 Å². The highest BCUT2D eigenvalue weighted by Gasteiger charge is 2.34. The highest BCUT2D eigenvalue weighted by Crippen LogP contribution is 2.39. The number of nitrogens with zero attached hydrogens (tertiary/aromatic N) is 2. The monoisotopic (exact) mass is 503 g/mol. The SMILES string of the molecule is CCc1cc(OCc2noc(=O)[nH]2)c(F)c(C)c1Cc1ccc(O)c(-c2ccccc2C(F)(F)F)n1. The fraction of sp³-hybridized carbons (Fsp3) is 0.240. The number of ether oxygens (including phenoxy) is 1. The lowest BCUT2D eigenvalue weighted by molar-refractivity contribution is -0.137. The van der Waals surface area contributed by atoms with E-state index in [4.69, 9.17) is 4.74 Å². The Morgan fingerprint density at radius 3 is 2.58 bits per heavy atom. The molecule has 0 saturated carbocycles. The molecule has 4 aromatic rings. The molecule has 0 unspecified atom stereocenters. The largest absolute Gasteiger partial charge is 0.506 e. The van der Waals surface area contributed by atoms with Gasteiger partial charge in [0.05, 0.1) is 5.56 Å². The predicted octanol–water partition coefficient (Wildman–Crippen LogP) is 5.33. The number of pyridine rings is 1. The lowest BCUT2D eigenvalue weighted by Crippen LogP contribution is -2.09. The van der Waals surface area contributed by atoms with Crippen molar-refractivity contribution in [1.29, 1.82) is 0 Å². The average Bonchev–Trinajstić information content (AvgIpc) is 3.27. The fourth-order valence-electron chi connectivity index (χ4n) is 3.91. The van der Waals surface area contributed by atoms with E-state index in [-0.39, 0.29) is 41.4 Å². The van der Waals surface area contributed by atoms with Gasteiger partial charge in [0, 0.05) is 17.7 Å². The van der Waals surface area contributed by atoms with Crippen LogP contribution in [0.25, 0.3) is 11.3 Å². The Morgan fingerprint density at radius 2 is 1.92 bits per heavy atom. The van der Waals surface area contributed by atoms with Crippen molar-refractivity contribution in [3.8, 4) is 22.8 Å². The van der Waals surface area contributed by atoms with Gasteiger partial charge in [0.25, 0.3) is 0 Å². The zero-order valence-electron chi connectivity index (χ0n) is 19.2. The molecule has 0 saturated heterocycles. The predicted molar refractivity (Wildman–Crippen MR) is 121 cm³/mol. The molecule has 2 aromatic carbocycles. The molecule has 0 atom stereocenters. The van der Waals surface area contributed by atoms with Crippen LogP contribution in [0.15, 0.2) is 51.8 Å². The molecule has 0 fully saturated rings. The van der Waals surface area contributed by atoms with Crippen LogP contribution in [-0.2, 0) is 25.6 Å². The van der Waals surface area contributed by atoms with E-state index in [0.29, 0.717) is 17.7 Å². The summed E-state index contributed by atoms with van der Waals surface area (Å²) in [5.41, 5.74) is 0.596. The van der Waals surface area contributed by atoms with E-state index in [0.717, 1.165) is 11.6 Å². The highest BCUT2D eigenvalue weighted by atomic mass is 19.4. The van der Waals surface area contributed by atoms with E-state index in [1.807, 2.05) is 6.92 Å². The van der Waals surface area contributed by atoms with Gasteiger partial charge in [-0.3, -0.25) is 9.51 Å². The minimum atomic E-state index is -4.63. The highest BCUT2D eigenvalue weighted by molar-refractivity contribution is 5.70. The molecule has 0 aliphatic carbocycles. The third-order valence-corrected chi connectivity index (χ3v) is 5.70. The molecule has 0 aliphatic rings. The van der Waals surface area contributed by atoms with Gasteiger partial charge in [-0.15, -0.1) is 0 Å². The van der Waals surface area contributed by atoms with Crippen LogP contribution in [0.4, 0.5) is 17.6 Å². The minimum absolute atomic E-state index is 0.0459. The summed E-state index contributed by atoms with van der Waals surface area (Å²) in [6, 6.07) is 9.14. The van der Waals surface area contributed by atoms with Crippen LogP contribution < -0.4 is 10.5 Å². The van der Waals surface area contributed by atoms with Crippen molar-refractivity contribution < 1.29 is 31.9 Å². The summed E-state index contributed by atoms with van der Waals surface area (Å²) in [7, 11) is 0. The molecule has 0 radical (unpaired) electrons. The average molecular weight is 503 g/mol. The van der Waals surface area contributed by atoms with E-state index >= 15 is 4.39 Å². The van der Waals surface area contributed by atoms with Crippen molar-refractivity contribution >= 4 is 0 Å². The van der Waals surface area contributed by atoms with Crippen molar-refractivity contribution in [2.24, 2.45) is 0 Å². The third-order valence-electron chi connectivity index (χ3n) is 5.70. The molecule has 11 heteroatoms. The number of aromatic nitrogens is 3. The molecule has 188 valence electrons. The number of aryl methyl sites for hydroxylation is 1. The zero-order valence-corrected chi connectivity index (χ0v) is 19.2. The smallest absolute Gasteiger partial charge is 0.439 e. The lowest BCUT2D eigenvalue weighted by Gasteiger charge is -2.17. The van der Waals surface area contributed by atoms with Gasteiger partial charge in [0.15, 0.2) is 17.4 Å². The van der Waals surface area contributed by atoms with Crippen molar-refractivity contribution in [2.45, 2.75) is 39.5 Å². The first-order valence-corrected chi connectivity index (χ1v) is 10.9.